The van der Waals surface area contributed by atoms with E-state index in [4.69, 9.17) is 17.0 Å². The Kier molecular flexibility index (Phi) is 5.91. The Labute approximate surface area is 135 Å². The number of carbonyl (C=O) groups excluding carboxylic acids is 1. The first-order valence-corrected chi connectivity index (χ1v) is 7.40. The lowest BCUT2D eigenvalue weighted by molar-refractivity contribution is -0.125. The van der Waals surface area contributed by atoms with Crippen molar-refractivity contribution in [3.05, 3.63) is 66.2 Å². The van der Waals surface area contributed by atoms with Gasteiger partial charge in [0, 0.05) is 6.54 Å². The van der Waals surface area contributed by atoms with Crippen LogP contribution in [0.3, 0.4) is 0 Å². The fourth-order valence-corrected chi connectivity index (χ4v) is 1.97. The van der Waals surface area contributed by atoms with Crippen molar-refractivity contribution in [1.82, 2.24) is 10.6 Å². The van der Waals surface area contributed by atoms with Crippen LogP contribution in [0.2, 0.25) is 0 Å². The van der Waals surface area contributed by atoms with Crippen LogP contribution in [0.1, 0.15) is 12.5 Å². The minimum Gasteiger partial charge on any atom is -0.481 e. The van der Waals surface area contributed by atoms with Gasteiger partial charge in [0.1, 0.15) is 5.75 Å². The molecule has 114 valence electrons. The monoisotopic (exact) mass is 314 g/mol. The zero-order valence-electron chi connectivity index (χ0n) is 12.3. The second-order valence-electron chi connectivity index (χ2n) is 4.73. The van der Waals surface area contributed by atoms with Crippen LogP contribution in [0.15, 0.2) is 60.7 Å². The van der Waals surface area contributed by atoms with Crippen molar-refractivity contribution in [2.75, 3.05) is 0 Å². The van der Waals surface area contributed by atoms with Crippen molar-refractivity contribution in [2.45, 2.75) is 19.6 Å². The van der Waals surface area contributed by atoms with Gasteiger partial charge in [0.15, 0.2) is 11.2 Å². The van der Waals surface area contributed by atoms with Crippen molar-refractivity contribution >= 4 is 23.2 Å². The molecule has 0 spiro atoms. The summed E-state index contributed by atoms with van der Waals surface area (Å²) in [6.07, 6.45) is -0.626. The van der Waals surface area contributed by atoms with E-state index in [-0.39, 0.29) is 11.0 Å². The van der Waals surface area contributed by atoms with Crippen molar-refractivity contribution in [1.29, 1.82) is 0 Å². The predicted octanol–water partition coefficient (Wildman–Crippen LogP) is 2.64. The molecule has 2 rings (SSSR count). The fraction of sp³-hybridized carbons (Fsp3) is 0.176. The molecule has 2 aromatic rings. The van der Waals surface area contributed by atoms with Crippen LogP contribution in [0, 0.1) is 0 Å². The van der Waals surface area contributed by atoms with Crippen LogP contribution in [-0.4, -0.2) is 17.1 Å². The minimum absolute atomic E-state index is 0.283. The van der Waals surface area contributed by atoms with Crippen molar-refractivity contribution in [3.63, 3.8) is 0 Å². The standard InChI is InChI=1S/C17H18N2O2S/c1-13(21-15-10-6-3-7-11-15)16(20)19-17(22)18-12-14-8-4-2-5-9-14/h2-11,13H,12H2,1H3,(H2,18,19,20,22)/t13-/m1/s1. The maximum Gasteiger partial charge on any atom is 0.266 e. The molecular weight excluding hydrogens is 296 g/mol. The molecular formula is C17H18N2O2S. The number of para-hydroxylation sites is 1. The first-order chi connectivity index (χ1) is 10.6. The zero-order chi connectivity index (χ0) is 15.8. The topological polar surface area (TPSA) is 50.4 Å². The van der Waals surface area contributed by atoms with E-state index in [1.165, 1.54) is 0 Å². The van der Waals surface area contributed by atoms with Gasteiger partial charge in [0.05, 0.1) is 0 Å². The van der Waals surface area contributed by atoms with Gasteiger partial charge >= 0.3 is 0 Å². The van der Waals surface area contributed by atoms with Gasteiger partial charge in [0.2, 0.25) is 0 Å². The maximum atomic E-state index is 12.0. The summed E-state index contributed by atoms with van der Waals surface area (Å²) in [4.78, 5) is 12.0. The number of carbonyl (C=O) groups is 1. The van der Waals surface area contributed by atoms with Crippen molar-refractivity contribution < 1.29 is 9.53 Å². The Morgan fingerprint density at radius 3 is 2.32 bits per heavy atom. The Balaban J connectivity index is 1.77. The van der Waals surface area contributed by atoms with Crippen LogP contribution in [-0.2, 0) is 11.3 Å². The van der Waals surface area contributed by atoms with Gasteiger partial charge in [-0.05, 0) is 36.8 Å². The Morgan fingerprint density at radius 2 is 1.68 bits per heavy atom. The first kappa shape index (κ1) is 16.0. The summed E-state index contributed by atoms with van der Waals surface area (Å²) >= 11 is 5.11. The normalized spacial score (nSPS) is 11.3. The number of nitrogens with one attached hydrogen (secondary N) is 2. The van der Waals surface area contributed by atoms with Crippen LogP contribution >= 0.6 is 12.2 Å². The van der Waals surface area contributed by atoms with E-state index in [1.54, 1.807) is 19.1 Å². The van der Waals surface area contributed by atoms with Gasteiger partial charge in [-0.25, -0.2) is 0 Å². The van der Waals surface area contributed by atoms with E-state index < -0.39 is 6.10 Å². The molecule has 5 heteroatoms. The molecule has 0 saturated heterocycles. The lowest BCUT2D eigenvalue weighted by atomic mass is 10.2. The molecule has 22 heavy (non-hydrogen) atoms. The molecule has 1 amide bonds. The summed E-state index contributed by atoms with van der Waals surface area (Å²) in [5.74, 6) is 0.364. The quantitative estimate of drug-likeness (QED) is 0.833. The van der Waals surface area contributed by atoms with Crippen LogP contribution < -0.4 is 15.4 Å². The molecule has 0 heterocycles. The van der Waals surface area contributed by atoms with E-state index in [9.17, 15) is 4.79 Å². The highest BCUT2D eigenvalue weighted by molar-refractivity contribution is 7.80. The van der Waals surface area contributed by atoms with Gasteiger partial charge in [-0.15, -0.1) is 0 Å². The number of rotatable bonds is 5. The molecule has 0 bridgehead atoms. The van der Waals surface area contributed by atoms with E-state index in [1.807, 2.05) is 48.5 Å². The Hall–Kier alpha value is -2.40. The molecule has 2 N–H and O–H groups in total. The van der Waals surface area contributed by atoms with Crippen molar-refractivity contribution in [2.24, 2.45) is 0 Å². The van der Waals surface area contributed by atoms with E-state index >= 15 is 0 Å². The van der Waals surface area contributed by atoms with Crippen LogP contribution in [0.4, 0.5) is 0 Å². The highest BCUT2D eigenvalue weighted by atomic mass is 32.1. The van der Waals surface area contributed by atoms with E-state index in [0.29, 0.717) is 12.3 Å². The minimum atomic E-state index is -0.626. The number of thiocarbonyl (C=S) groups is 1. The predicted molar refractivity (Wildman–Crippen MR) is 90.6 cm³/mol. The number of hydrogen-bond donors (Lipinski definition) is 2. The molecule has 0 aliphatic heterocycles. The Bertz CT molecular complexity index is 617. The zero-order valence-corrected chi connectivity index (χ0v) is 13.1. The lowest BCUT2D eigenvalue weighted by Crippen LogP contribution is -2.44. The molecule has 0 fully saturated rings. The second kappa shape index (κ2) is 8.14. The molecule has 0 aromatic heterocycles. The summed E-state index contributed by atoms with van der Waals surface area (Å²) in [7, 11) is 0. The molecule has 1 atom stereocenters. The van der Waals surface area contributed by atoms with E-state index in [0.717, 1.165) is 5.56 Å². The summed E-state index contributed by atoms with van der Waals surface area (Å²) in [5, 5.41) is 5.91. The second-order valence-corrected chi connectivity index (χ2v) is 5.14. The Morgan fingerprint density at radius 1 is 1.09 bits per heavy atom. The fourth-order valence-electron chi connectivity index (χ4n) is 1.79. The third kappa shape index (κ3) is 5.18. The van der Waals surface area contributed by atoms with Gasteiger partial charge in [0.25, 0.3) is 5.91 Å². The highest BCUT2D eigenvalue weighted by Crippen LogP contribution is 2.10. The average molecular weight is 314 g/mol. The molecule has 2 aromatic carbocycles. The summed E-state index contributed by atoms with van der Waals surface area (Å²) in [5.41, 5.74) is 1.09. The molecule has 0 aliphatic rings. The van der Waals surface area contributed by atoms with Gasteiger partial charge in [-0.2, -0.15) is 0 Å². The number of amides is 1. The van der Waals surface area contributed by atoms with Crippen molar-refractivity contribution in [3.8, 4) is 5.75 Å². The molecule has 0 saturated carbocycles. The van der Waals surface area contributed by atoms with Crippen LogP contribution in [0.5, 0.6) is 5.75 Å². The van der Waals surface area contributed by atoms with E-state index in [2.05, 4.69) is 10.6 Å². The molecule has 4 nitrogen and oxygen atoms in total. The number of ether oxygens (including phenoxy) is 1. The third-order valence-electron chi connectivity index (χ3n) is 2.96. The first-order valence-electron chi connectivity index (χ1n) is 6.99. The lowest BCUT2D eigenvalue weighted by Gasteiger charge is -2.15. The summed E-state index contributed by atoms with van der Waals surface area (Å²) in [6, 6.07) is 19.0. The SMILES string of the molecule is C[C@@H](Oc1ccccc1)C(=O)NC(=S)NCc1ccccc1. The highest BCUT2D eigenvalue weighted by Gasteiger charge is 2.15. The average Bonchev–Trinajstić information content (AvgIpc) is 2.55. The van der Waals surface area contributed by atoms with Gasteiger partial charge in [-0.1, -0.05) is 48.5 Å². The smallest absolute Gasteiger partial charge is 0.266 e. The number of hydrogen-bond acceptors (Lipinski definition) is 3. The summed E-state index contributed by atoms with van der Waals surface area (Å²) in [6.45, 7) is 2.25. The molecule has 0 unspecified atom stereocenters. The number of benzene rings is 2. The largest absolute Gasteiger partial charge is 0.481 e. The molecule has 0 radical (unpaired) electrons. The third-order valence-corrected chi connectivity index (χ3v) is 3.20. The van der Waals surface area contributed by atoms with Crippen LogP contribution in [0.25, 0.3) is 0 Å². The van der Waals surface area contributed by atoms with Gasteiger partial charge in [-0.3, -0.25) is 10.1 Å². The maximum absolute atomic E-state index is 12.0. The van der Waals surface area contributed by atoms with Gasteiger partial charge < -0.3 is 10.1 Å². The molecule has 0 aliphatic carbocycles. The summed E-state index contributed by atoms with van der Waals surface area (Å²) < 4.78 is 5.54.